The van der Waals surface area contributed by atoms with Crippen molar-refractivity contribution in [1.82, 2.24) is 4.90 Å². The van der Waals surface area contributed by atoms with Crippen LogP contribution in [0.3, 0.4) is 0 Å². The van der Waals surface area contributed by atoms with Gasteiger partial charge in [0.05, 0.1) is 25.7 Å². The molecule has 0 saturated carbocycles. The first kappa shape index (κ1) is 16.4. The SMILES string of the molecule is COC(=O)CCN(CC1CCCO1)CC(O)C(C)C. The molecule has 5 heteroatoms. The van der Waals surface area contributed by atoms with Crippen molar-refractivity contribution in [2.75, 3.05) is 33.4 Å². The number of carbonyl (C=O) groups excluding carboxylic acids is 1. The Balaban J connectivity index is 2.43. The van der Waals surface area contributed by atoms with E-state index in [0.29, 0.717) is 19.5 Å². The number of esters is 1. The molecule has 0 aromatic heterocycles. The molecule has 1 N–H and O–H groups in total. The highest BCUT2D eigenvalue weighted by atomic mass is 16.5. The first-order valence-electron chi connectivity index (χ1n) is 7.11. The fourth-order valence-corrected chi connectivity index (χ4v) is 2.16. The highest BCUT2D eigenvalue weighted by molar-refractivity contribution is 5.69. The van der Waals surface area contributed by atoms with E-state index in [1.54, 1.807) is 0 Å². The first-order valence-corrected chi connectivity index (χ1v) is 7.11. The minimum Gasteiger partial charge on any atom is -0.469 e. The molecule has 0 aromatic rings. The second-order valence-electron chi connectivity index (χ2n) is 5.53. The minimum absolute atomic E-state index is 0.212. The fraction of sp³-hybridized carbons (Fsp3) is 0.929. The van der Waals surface area contributed by atoms with Gasteiger partial charge in [0.2, 0.25) is 0 Å². The molecule has 1 aliphatic rings. The van der Waals surface area contributed by atoms with Crippen molar-refractivity contribution >= 4 is 5.97 Å². The molecule has 19 heavy (non-hydrogen) atoms. The molecule has 112 valence electrons. The molecule has 2 atom stereocenters. The summed E-state index contributed by atoms with van der Waals surface area (Å²) in [5, 5.41) is 9.99. The molecule has 5 nitrogen and oxygen atoms in total. The van der Waals surface area contributed by atoms with E-state index >= 15 is 0 Å². The number of nitrogens with zero attached hydrogens (tertiary/aromatic N) is 1. The fourth-order valence-electron chi connectivity index (χ4n) is 2.16. The molecule has 0 amide bonds. The number of aliphatic hydroxyl groups excluding tert-OH is 1. The van der Waals surface area contributed by atoms with Gasteiger partial charge in [0, 0.05) is 26.2 Å². The Kier molecular flexibility index (Phi) is 7.34. The lowest BCUT2D eigenvalue weighted by Gasteiger charge is -2.28. The van der Waals surface area contributed by atoms with Crippen molar-refractivity contribution in [3.63, 3.8) is 0 Å². The second-order valence-corrected chi connectivity index (χ2v) is 5.53. The summed E-state index contributed by atoms with van der Waals surface area (Å²) in [7, 11) is 1.40. The van der Waals surface area contributed by atoms with Crippen LogP contribution in [0.2, 0.25) is 0 Å². The van der Waals surface area contributed by atoms with Gasteiger partial charge in [-0.3, -0.25) is 9.69 Å². The Morgan fingerprint density at radius 3 is 2.79 bits per heavy atom. The van der Waals surface area contributed by atoms with E-state index in [2.05, 4.69) is 9.64 Å². The number of rotatable bonds is 8. The number of hydrogen-bond donors (Lipinski definition) is 1. The standard InChI is InChI=1S/C14H27NO4/c1-11(2)13(16)10-15(7-6-14(17)18-3)9-12-5-4-8-19-12/h11-13,16H,4-10H2,1-3H3. The zero-order valence-electron chi connectivity index (χ0n) is 12.3. The van der Waals surface area contributed by atoms with Gasteiger partial charge in [-0.15, -0.1) is 0 Å². The molecule has 1 fully saturated rings. The maximum Gasteiger partial charge on any atom is 0.306 e. The maximum absolute atomic E-state index is 11.2. The van der Waals surface area contributed by atoms with Crippen LogP contribution in [0, 0.1) is 5.92 Å². The van der Waals surface area contributed by atoms with Crippen LogP contribution in [0.4, 0.5) is 0 Å². The van der Waals surface area contributed by atoms with Gasteiger partial charge >= 0.3 is 5.97 Å². The highest BCUT2D eigenvalue weighted by Crippen LogP contribution is 2.14. The normalized spacial score (nSPS) is 21.1. The van der Waals surface area contributed by atoms with Crippen molar-refractivity contribution in [2.45, 2.75) is 45.3 Å². The summed E-state index contributed by atoms with van der Waals surface area (Å²) in [5.74, 6) is 0.00139. The van der Waals surface area contributed by atoms with E-state index in [0.717, 1.165) is 26.0 Å². The molecule has 1 saturated heterocycles. The van der Waals surface area contributed by atoms with Crippen molar-refractivity contribution < 1.29 is 19.4 Å². The molecule has 1 aliphatic heterocycles. The third kappa shape index (κ3) is 6.36. The Morgan fingerprint density at radius 1 is 1.53 bits per heavy atom. The average molecular weight is 273 g/mol. The third-order valence-corrected chi connectivity index (χ3v) is 3.56. The second kappa shape index (κ2) is 8.51. The van der Waals surface area contributed by atoms with Gasteiger partial charge in [0.25, 0.3) is 0 Å². The topological polar surface area (TPSA) is 59.0 Å². The number of hydrogen-bond acceptors (Lipinski definition) is 5. The van der Waals surface area contributed by atoms with Gasteiger partial charge in [0.15, 0.2) is 0 Å². The van der Waals surface area contributed by atoms with Crippen molar-refractivity contribution in [3.05, 3.63) is 0 Å². The quantitative estimate of drug-likeness (QED) is 0.670. The van der Waals surface area contributed by atoms with Gasteiger partial charge in [-0.1, -0.05) is 13.8 Å². The van der Waals surface area contributed by atoms with E-state index in [1.165, 1.54) is 7.11 Å². The van der Waals surface area contributed by atoms with Gasteiger partial charge in [0.1, 0.15) is 0 Å². The molecule has 1 heterocycles. The molecule has 0 radical (unpaired) electrons. The van der Waals surface area contributed by atoms with E-state index in [9.17, 15) is 9.90 Å². The van der Waals surface area contributed by atoms with Gasteiger partial charge in [-0.05, 0) is 18.8 Å². The molecule has 0 aromatic carbocycles. The lowest BCUT2D eigenvalue weighted by Crippen LogP contribution is -2.40. The molecular formula is C14H27NO4. The number of aliphatic hydroxyl groups is 1. The van der Waals surface area contributed by atoms with Crippen LogP contribution in [0.1, 0.15) is 33.1 Å². The van der Waals surface area contributed by atoms with E-state index in [-0.39, 0.29) is 24.1 Å². The molecule has 1 rings (SSSR count). The Hall–Kier alpha value is -0.650. The molecular weight excluding hydrogens is 246 g/mol. The lowest BCUT2D eigenvalue weighted by molar-refractivity contribution is -0.141. The summed E-state index contributed by atoms with van der Waals surface area (Å²) in [6.45, 7) is 6.78. The van der Waals surface area contributed by atoms with Crippen LogP contribution in [-0.2, 0) is 14.3 Å². The Bertz CT molecular complexity index is 260. The Labute approximate surface area is 115 Å². The monoisotopic (exact) mass is 273 g/mol. The van der Waals surface area contributed by atoms with Crippen LogP contribution in [0.25, 0.3) is 0 Å². The molecule has 0 spiro atoms. The average Bonchev–Trinajstić information content (AvgIpc) is 2.88. The van der Waals surface area contributed by atoms with Crippen LogP contribution in [-0.4, -0.2) is 61.5 Å². The van der Waals surface area contributed by atoms with Crippen molar-refractivity contribution in [2.24, 2.45) is 5.92 Å². The minimum atomic E-state index is -0.376. The van der Waals surface area contributed by atoms with Gasteiger partial charge in [-0.2, -0.15) is 0 Å². The largest absolute Gasteiger partial charge is 0.469 e. The van der Waals surface area contributed by atoms with Crippen LogP contribution < -0.4 is 0 Å². The summed E-state index contributed by atoms with van der Waals surface area (Å²) >= 11 is 0. The summed E-state index contributed by atoms with van der Waals surface area (Å²) in [4.78, 5) is 13.3. The number of methoxy groups -OCH3 is 1. The molecule has 2 unspecified atom stereocenters. The van der Waals surface area contributed by atoms with Gasteiger partial charge in [-0.25, -0.2) is 0 Å². The highest BCUT2D eigenvalue weighted by Gasteiger charge is 2.22. The zero-order valence-corrected chi connectivity index (χ0v) is 12.3. The lowest BCUT2D eigenvalue weighted by atomic mass is 10.1. The van der Waals surface area contributed by atoms with Crippen LogP contribution in [0.5, 0.6) is 0 Å². The smallest absolute Gasteiger partial charge is 0.306 e. The number of ether oxygens (including phenoxy) is 2. The number of carbonyl (C=O) groups is 1. The van der Waals surface area contributed by atoms with Crippen molar-refractivity contribution in [3.8, 4) is 0 Å². The van der Waals surface area contributed by atoms with Crippen LogP contribution in [0.15, 0.2) is 0 Å². The third-order valence-electron chi connectivity index (χ3n) is 3.56. The summed E-state index contributed by atoms with van der Waals surface area (Å²) < 4.78 is 10.3. The molecule has 0 aliphatic carbocycles. The summed E-state index contributed by atoms with van der Waals surface area (Å²) in [6, 6.07) is 0. The summed E-state index contributed by atoms with van der Waals surface area (Å²) in [5.41, 5.74) is 0. The predicted molar refractivity (Wildman–Crippen MR) is 72.9 cm³/mol. The van der Waals surface area contributed by atoms with Gasteiger partial charge < -0.3 is 14.6 Å². The Morgan fingerprint density at radius 2 is 2.26 bits per heavy atom. The van der Waals surface area contributed by atoms with Crippen molar-refractivity contribution in [1.29, 1.82) is 0 Å². The van der Waals surface area contributed by atoms with E-state index in [4.69, 9.17) is 4.74 Å². The van der Waals surface area contributed by atoms with E-state index < -0.39 is 0 Å². The van der Waals surface area contributed by atoms with E-state index in [1.807, 2.05) is 13.8 Å². The predicted octanol–water partition coefficient (Wildman–Crippen LogP) is 1.05. The summed E-state index contributed by atoms with van der Waals surface area (Å²) in [6.07, 6.45) is 2.37. The van der Waals surface area contributed by atoms with Crippen LogP contribution >= 0.6 is 0 Å². The maximum atomic E-state index is 11.2. The molecule has 0 bridgehead atoms. The zero-order chi connectivity index (χ0) is 14.3. The first-order chi connectivity index (χ1) is 9.02.